The lowest BCUT2D eigenvalue weighted by Gasteiger charge is -2.38. The Bertz CT molecular complexity index is 479. The SMILES string of the molecule is FC(F)(F)c1cc(N2CCC3(CC2)OCCO3)ncn1. The Hall–Kier alpha value is -1.41. The van der Waals surface area contributed by atoms with E-state index in [0.29, 0.717) is 45.0 Å². The molecule has 0 amide bonds. The summed E-state index contributed by atoms with van der Waals surface area (Å²) < 4.78 is 49.0. The zero-order valence-electron chi connectivity index (χ0n) is 10.7. The molecule has 3 heterocycles. The summed E-state index contributed by atoms with van der Waals surface area (Å²) in [5, 5.41) is 0. The highest BCUT2D eigenvalue weighted by Gasteiger charge is 2.40. The zero-order valence-corrected chi connectivity index (χ0v) is 10.7. The first kappa shape index (κ1) is 13.6. The molecule has 0 N–H and O–H groups in total. The van der Waals surface area contributed by atoms with E-state index in [1.54, 1.807) is 4.90 Å². The third-order valence-electron chi connectivity index (χ3n) is 3.61. The highest BCUT2D eigenvalue weighted by atomic mass is 19.4. The van der Waals surface area contributed by atoms with Crippen LogP contribution >= 0.6 is 0 Å². The normalized spacial score (nSPS) is 22.4. The summed E-state index contributed by atoms with van der Waals surface area (Å²) in [5.74, 6) is -0.253. The van der Waals surface area contributed by atoms with Crippen molar-refractivity contribution >= 4 is 5.82 Å². The Labute approximate surface area is 113 Å². The van der Waals surface area contributed by atoms with E-state index < -0.39 is 17.7 Å². The molecule has 1 aromatic heterocycles. The van der Waals surface area contributed by atoms with E-state index in [9.17, 15) is 13.2 Å². The number of piperidine rings is 1. The fourth-order valence-electron chi connectivity index (χ4n) is 2.54. The molecule has 0 aliphatic carbocycles. The molecule has 5 nitrogen and oxygen atoms in total. The number of alkyl halides is 3. The third-order valence-corrected chi connectivity index (χ3v) is 3.61. The second-order valence-corrected chi connectivity index (χ2v) is 4.85. The van der Waals surface area contributed by atoms with Gasteiger partial charge in [-0.3, -0.25) is 0 Å². The van der Waals surface area contributed by atoms with Gasteiger partial charge in [-0.15, -0.1) is 0 Å². The minimum Gasteiger partial charge on any atom is -0.356 e. The predicted octanol–water partition coefficient (Wildman–Crippen LogP) is 1.84. The molecular weight excluding hydrogens is 275 g/mol. The number of hydrogen-bond acceptors (Lipinski definition) is 5. The van der Waals surface area contributed by atoms with Crippen molar-refractivity contribution in [2.45, 2.75) is 24.8 Å². The van der Waals surface area contributed by atoms with E-state index >= 15 is 0 Å². The molecule has 0 atom stereocenters. The van der Waals surface area contributed by atoms with Crippen LogP contribution in [0.4, 0.5) is 19.0 Å². The molecule has 2 aliphatic rings. The van der Waals surface area contributed by atoms with Crippen molar-refractivity contribution in [3.05, 3.63) is 18.1 Å². The molecule has 0 unspecified atom stereocenters. The molecule has 1 spiro atoms. The number of anilines is 1. The van der Waals surface area contributed by atoms with Crippen molar-refractivity contribution in [2.75, 3.05) is 31.2 Å². The van der Waals surface area contributed by atoms with Crippen LogP contribution in [0.25, 0.3) is 0 Å². The molecule has 1 aromatic rings. The Balaban J connectivity index is 1.72. The summed E-state index contributed by atoms with van der Waals surface area (Å²) in [4.78, 5) is 8.99. The Kier molecular flexibility index (Phi) is 3.29. The van der Waals surface area contributed by atoms with Gasteiger partial charge >= 0.3 is 6.18 Å². The Morgan fingerprint density at radius 1 is 1.10 bits per heavy atom. The molecular formula is C12H14F3N3O2. The van der Waals surface area contributed by atoms with E-state index in [4.69, 9.17) is 9.47 Å². The van der Waals surface area contributed by atoms with Crippen LogP contribution in [0.3, 0.4) is 0 Å². The van der Waals surface area contributed by atoms with Crippen LogP contribution in [0.1, 0.15) is 18.5 Å². The standard InChI is InChI=1S/C12H14F3N3O2/c13-12(14,15)9-7-10(17-8-16-9)18-3-1-11(2-4-18)19-5-6-20-11/h7-8H,1-6H2. The van der Waals surface area contributed by atoms with E-state index in [-0.39, 0.29) is 0 Å². The minimum absolute atomic E-state index is 0.292. The highest BCUT2D eigenvalue weighted by molar-refractivity contribution is 5.40. The van der Waals surface area contributed by atoms with E-state index in [1.807, 2.05) is 0 Å². The van der Waals surface area contributed by atoms with Crippen LogP contribution in [-0.2, 0) is 15.7 Å². The van der Waals surface area contributed by atoms with Gasteiger partial charge in [-0.1, -0.05) is 0 Å². The maximum Gasteiger partial charge on any atom is 0.433 e. The van der Waals surface area contributed by atoms with Gasteiger partial charge in [-0.05, 0) is 0 Å². The number of nitrogens with zero attached hydrogens (tertiary/aromatic N) is 3. The van der Waals surface area contributed by atoms with Crippen molar-refractivity contribution in [1.82, 2.24) is 9.97 Å². The number of hydrogen-bond donors (Lipinski definition) is 0. The van der Waals surface area contributed by atoms with Gasteiger partial charge in [0.15, 0.2) is 5.79 Å². The van der Waals surface area contributed by atoms with Crippen molar-refractivity contribution in [2.24, 2.45) is 0 Å². The molecule has 20 heavy (non-hydrogen) atoms. The summed E-state index contributed by atoms with van der Waals surface area (Å²) in [5.41, 5.74) is -0.920. The molecule has 2 aliphatic heterocycles. The average Bonchev–Trinajstić information content (AvgIpc) is 2.87. The maximum atomic E-state index is 12.6. The monoisotopic (exact) mass is 289 g/mol. The van der Waals surface area contributed by atoms with Gasteiger partial charge in [-0.25, -0.2) is 9.97 Å². The third kappa shape index (κ3) is 2.57. The zero-order chi connectivity index (χ0) is 14.2. The topological polar surface area (TPSA) is 47.5 Å². The van der Waals surface area contributed by atoms with Crippen LogP contribution < -0.4 is 4.90 Å². The molecule has 110 valence electrons. The molecule has 0 saturated carbocycles. The van der Waals surface area contributed by atoms with Gasteiger partial charge in [0.25, 0.3) is 0 Å². The number of aromatic nitrogens is 2. The van der Waals surface area contributed by atoms with E-state index in [0.717, 1.165) is 12.4 Å². The van der Waals surface area contributed by atoms with Gasteiger partial charge in [0.1, 0.15) is 17.8 Å². The van der Waals surface area contributed by atoms with Gasteiger partial charge in [0, 0.05) is 32.0 Å². The van der Waals surface area contributed by atoms with Gasteiger partial charge in [0.2, 0.25) is 0 Å². The van der Waals surface area contributed by atoms with Crippen LogP contribution in [0.2, 0.25) is 0 Å². The Morgan fingerprint density at radius 3 is 2.35 bits per heavy atom. The smallest absolute Gasteiger partial charge is 0.356 e. The lowest BCUT2D eigenvalue weighted by Crippen LogP contribution is -2.45. The lowest BCUT2D eigenvalue weighted by atomic mass is 10.0. The Morgan fingerprint density at radius 2 is 1.75 bits per heavy atom. The molecule has 3 rings (SSSR count). The van der Waals surface area contributed by atoms with Crippen LogP contribution in [0.5, 0.6) is 0 Å². The van der Waals surface area contributed by atoms with Crippen molar-refractivity contribution in [1.29, 1.82) is 0 Å². The van der Waals surface area contributed by atoms with Crippen molar-refractivity contribution < 1.29 is 22.6 Å². The second kappa shape index (κ2) is 4.85. The van der Waals surface area contributed by atoms with E-state index in [1.165, 1.54) is 0 Å². The predicted molar refractivity (Wildman–Crippen MR) is 63.1 cm³/mol. The summed E-state index contributed by atoms with van der Waals surface area (Å²) in [6, 6.07) is 0.981. The fourth-order valence-corrected chi connectivity index (χ4v) is 2.54. The molecule has 0 radical (unpaired) electrons. The first-order chi connectivity index (χ1) is 9.49. The number of ether oxygens (including phenoxy) is 2. The summed E-state index contributed by atoms with van der Waals surface area (Å²) in [6.07, 6.45) is -2.26. The van der Waals surface area contributed by atoms with Gasteiger partial charge in [0.05, 0.1) is 13.2 Å². The van der Waals surface area contributed by atoms with Gasteiger partial charge in [-0.2, -0.15) is 13.2 Å². The summed E-state index contributed by atoms with van der Waals surface area (Å²) in [7, 11) is 0. The quantitative estimate of drug-likeness (QED) is 0.789. The first-order valence-electron chi connectivity index (χ1n) is 6.41. The molecule has 2 saturated heterocycles. The number of halogens is 3. The largest absolute Gasteiger partial charge is 0.433 e. The molecule has 2 fully saturated rings. The summed E-state index contributed by atoms with van der Waals surface area (Å²) in [6.45, 7) is 2.25. The fraction of sp³-hybridized carbons (Fsp3) is 0.667. The second-order valence-electron chi connectivity index (χ2n) is 4.85. The van der Waals surface area contributed by atoms with Crippen LogP contribution in [-0.4, -0.2) is 42.1 Å². The first-order valence-corrected chi connectivity index (χ1v) is 6.41. The van der Waals surface area contributed by atoms with Crippen molar-refractivity contribution in [3.63, 3.8) is 0 Å². The highest BCUT2D eigenvalue weighted by Crippen LogP contribution is 2.34. The number of rotatable bonds is 1. The van der Waals surface area contributed by atoms with Crippen LogP contribution in [0, 0.1) is 0 Å². The minimum atomic E-state index is -4.45. The van der Waals surface area contributed by atoms with Crippen molar-refractivity contribution in [3.8, 4) is 0 Å². The lowest BCUT2D eigenvalue weighted by molar-refractivity contribution is -0.169. The molecule has 0 aromatic carbocycles. The molecule has 8 heteroatoms. The van der Waals surface area contributed by atoms with Gasteiger partial charge < -0.3 is 14.4 Å². The van der Waals surface area contributed by atoms with Crippen LogP contribution in [0.15, 0.2) is 12.4 Å². The average molecular weight is 289 g/mol. The maximum absolute atomic E-state index is 12.6. The summed E-state index contributed by atoms with van der Waals surface area (Å²) >= 11 is 0. The molecule has 0 bridgehead atoms. The van der Waals surface area contributed by atoms with E-state index in [2.05, 4.69) is 9.97 Å².